The predicted octanol–water partition coefficient (Wildman–Crippen LogP) is 5.67. The van der Waals surface area contributed by atoms with Crippen LogP contribution in [0.4, 0.5) is 0 Å². The van der Waals surface area contributed by atoms with Crippen LogP contribution in [0.2, 0.25) is 0 Å². The summed E-state index contributed by atoms with van der Waals surface area (Å²) in [5.41, 5.74) is 10.8. The summed E-state index contributed by atoms with van der Waals surface area (Å²) >= 11 is 1.73. The van der Waals surface area contributed by atoms with Gasteiger partial charge < -0.3 is 10.3 Å². The Morgan fingerprint density at radius 1 is 0.893 bits per heavy atom. The number of thiophene rings is 1. The van der Waals surface area contributed by atoms with Crippen LogP contribution in [0.15, 0.2) is 84.2 Å². The Kier molecular flexibility index (Phi) is 3.99. The van der Waals surface area contributed by atoms with E-state index in [1.807, 2.05) is 18.2 Å². The van der Waals surface area contributed by atoms with Gasteiger partial charge in [-0.1, -0.05) is 54.6 Å². The Morgan fingerprint density at radius 2 is 1.75 bits per heavy atom. The van der Waals surface area contributed by atoms with Crippen molar-refractivity contribution in [2.24, 2.45) is 5.73 Å². The van der Waals surface area contributed by atoms with Gasteiger partial charge >= 0.3 is 0 Å². The first-order chi connectivity index (χ1) is 13.7. The quantitative estimate of drug-likeness (QED) is 0.428. The van der Waals surface area contributed by atoms with Crippen LogP contribution in [0.1, 0.15) is 15.9 Å². The SMILES string of the molecule is NC(=O)c1cccc2c1c1ccc(-c3cccs3)cc1n2Cc1ccccc1. The number of carbonyl (C=O) groups excluding carboxylic acids is 1. The molecular formula is C24H18N2OS. The predicted molar refractivity (Wildman–Crippen MR) is 117 cm³/mol. The fraction of sp³-hybridized carbons (Fsp3) is 0.0417. The van der Waals surface area contributed by atoms with Crippen molar-refractivity contribution in [3.05, 3.63) is 95.4 Å². The van der Waals surface area contributed by atoms with Crippen molar-refractivity contribution in [1.82, 2.24) is 4.57 Å². The molecule has 0 fully saturated rings. The molecule has 0 bridgehead atoms. The van der Waals surface area contributed by atoms with Crippen molar-refractivity contribution >= 4 is 39.0 Å². The first-order valence-electron chi connectivity index (χ1n) is 9.15. The van der Waals surface area contributed by atoms with Crippen LogP contribution in [0.3, 0.4) is 0 Å². The van der Waals surface area contributed by atoms with Crippen LogP contribution in [0, 0.1) is 0 Å². The van der Waals surface area contributed by atoms with Crippen molar-refractivity contribution in [2.75, 3.05) is 0 Å². The number of amides is 1. The first-order valence-corrected chi connectivity index (χ1v) is 10.0. The molecular weight excluding hydrogens is 364 g/mol. The van der Waals surface area contributed by atoms with Gasteiger partial charge in [0.25, 0.3) is 0 Å². The first kappa shape index (κ1) is 16.8. The van der Waals surface area contributed by atoms with Crippen LogP contribution < -0.4 is 5.73 Å². The molecule has 0 atom stereocenters. The lowest BCUT2D eigenvalue weighted by atomic mass is 10.0. The Hall–Kier alpha value is -3.37. The van der Waals surface area contributed by atoms with Gasteiger partial charge in [0.2, 0.25) is 5.91 Å². The third kappa shape index (κ3) is 2.70. The lowest BCUT2D eigenvalue weighted by molar-refractivity contribution is 0.100. The zero-order valence-electron chi connectivity index (χ0n) is 15.1. The van der Waals surface area contributed by atoms with Gasteiger partial charge in [-0.3, -0.25) is 4.79 Å². The minimum atomic E-state index is -0.397. The summed E-state index contributed by atoms with van der Waals surface area (Å²) in [5.74, 6) is -0.397. The van der Waals surface area contributed by atoms with E-state index < -0.39 is 5.91 Å². The van der Waals surface area contributed by atoms with Gasteiger partial charge in [0, 0.05) is 27.8 Å². The molecule has 0 unspecified atom stereocenters. The summed E-state index contributed by atoms with van der Waals surface area (Å²) in [6.07, 6.45) is 0. The minimum absolute atomic E-state index is 0.397. The second-order valence-electron chi connectivity index (χ2n) is 6.84. The zero-order chi connectivity index (χ0) is 19.1. The van der Waals surface area contributed by atoms with Gasteiger partial charge in [-0.15, -0.1) is 11.3 Å². The minimum Gasteiger partial charge on any atom is -0.366 e. The summed E-state index contributed by atoms with van der Waals surface area (Å²) in [6.45, 7) is 0.733. The number of carbonyl (C=O) groups is 1. The second kappa shape index (κ2) is 6.66. The van der Waals surface area contributed by atoms with Gasteiger partial charge in [0.15, 0.2) is 0 Å². The molecule has 2 aromatic heterocycles. The third-order valence-electron chi connectivity index (χ3n) is 5.15. The second-order valence-corrected chi connectivity index (χ2v) is 7.79. The molecule has 0 saturated heterocycles. The van der Waals surface area contributed by atoms with Crippen LogP contribution in [0.5, 0.6) is 0 Å². The fourth-order valence-corrected chi connectivity index (χ4v) is 4.61. The molecule has 0 radical (unpaired) electrons. The molecule has 136 valence electrons. The summed E-state index contributed by atoms with van der Waals surface area (Å²) in [6, 6.07) is 26.8. The summed E-state index contributed by atoms with van der Waals surface area (Å²) in [4.78, 5) is 13.3. The van der Waals surface area contributed by atoms with Crippen molar-refractivity contribution in [3.8, 4) is 10.4 Å². The van der Waals surface area contributed by atoms with Crippen molar-refractivity contribution in [3.63, 3.8) is 0 Å². The molecule has 5 rings (SSSR count). The molecule has 2 heterocycles. The number of fused-ring (bicyclic) bond motifs is 3. The van der Waals surface area contributed by atoms with E-state index in [1.165, 1.54) is 16.0 Å². The van der Waals surface area contributed by atoms with Crippen LogP contribution >= 0.6 is 11.3 Å². The van der Waals surface area contributed by atoms with Gasteiger partial charge in [0.05, 0.1) is 11.0 Å². The molecule has 0 aliphatic rings. The number of nitrogens with two attached hydrogens (primary N) is 1. The molecule has 3 nitrogen and oxygen atoms in total. The Morgan fingerprint density at radius 3 is 2.50 bits per heavy atom. The lowest BCUT2D eigenvalue weighted by Gasteiger charge is -2.09. The number of aromatic nitrogens is 1. The normalized spacial score (nSPS) is 11.3. The Labute approximate surface area is 166 Å². The molecule has 28 heavy (non-hydrogen) atoms. The largest absolute Gasteiger partial charge is 0.366 e. The smallest absolute Gasteiger partial charge is 0.249 e. The molecule has 3 aromatic carbocycles. The highest BCUT2D eigenvalue weighted by Crippen LogP contribution is 2.35. The zero-order valence-corrected chi connectivity index (χ0v) is 15.9. The number of rotatable bonds is 4. The average Bonchev–Trinajstić information content (AvgIpc) is 3.36. The molecule has 0 saturated carbocycles. The topological polar surface area (TPSA) is 48.0 Å². The number of hydrogen-bond donors (Lipinski definition) is 1. The number of hydrogen-bond acceptors (Lipinski definition) is 2. The summed E-state index contributed by atoms with van der Waals surface area (Å²) in [5, 5.41) is 4.07. The molecule has 0 aliphatic heterocycles. The monoisotopic (exact) mass is 382 g/mol. The summed E-state index contributed by atoms with van der Waals surface area (Å²) < 4.78 is 2.28. The lowest BCUT2D eigenvalue weighted by Crippen LogP contribution is -2.11. The van der Waals surface area contributed by atoms with E-state index >= 15 is 0 Å². The number of nitrogens with zero attached hydrogens (tertiary/aromatic N) is 1. The fourth-order valence-electron chi connectivity index (χ4n) is 3.88. The molecule has 2 N–H and O–H groups in total. The highest BCUT2D eigenvalue weighted by molar-refractivity contribution is 7.13. The molecule has 0 spiro atoms. The van der Waals surface area contributed by atoms with Crippen LogP contribution in [-0.2, 0) is 6.54 Å². The molecule has 0 aliphatic carbocycles. The van der Waals surface area contributed by atoms with Crippen molar-refractivity contribution in [2.45, 2.75) is 6.54 Å². The molecule has 4 heteroatoms. The van der Waals surface area contributed by atoms with E-state index in [-0.39, 0.29) is 0 Å². The van der Waals surface area contributed by atoms with E-state index in [9.17, 15) is 4.79 Å². The maximum absolute atomic E-state index is 12.1. The number of benzene rings is 3. The van der Waals surface area contributed by atoms with E-state index in [1.54, 1.807) is 11.3 Å². The number of primary amides is 1. The Bertz CT molecular complexity index is 1300. The standard InChI is InChI=1S/C24H18N2OS/c25-24(27)19-8-4-9-20-23(19)18-12-11-17(22-10-5-13-28-22)14-21(18)26(20)15-16-6-2-1-3-7-16/h1-14H,15H2,(H2,25,27). The van der Waals surface area contributed by atoms with Gasteiger partial charge in [-0.25, -0.2) is 0 Å². The van der Waals surface area contributed by atoms with E-state index in [0.717, 1.165) is 28.4 Å². The average molecular weight is 382 g/mol. The maximum atomic E-state index is 12.1. The van der Waals surface area contributed by atoms with E-state index in [2.05, 4.69) is 70.6 Å². The van der Waals surface area contributed by atoms with Gasteiger partial charge in [-0.2, -0.15) is 0 Å². The molecule has 1 amide bonds. The van der Waals surface area contributed by atoms with E-state index in [0.29, 0.717) is 5.56 Å². The highest BCUT2D eigenvalue weighted by Gasteiger charge is 2.17. The van der Waals surface area contributed by atoms with Gasteiger partial charge in [0.1, 0.15) is 0 Å². The highest BCUT2D eigenvalue weighted by atomic mass is 32.1. The molecule has 5 aromatic rings. The maximum Gasteiger partial charge on any atom is 0.249 e. The van der Waals surface area contributed by atoms with Crippen molar-refractivity contribution < 1.29 is 4.79 Å². The van der Waals surface area contributed by atoms with Crippen molar-refractivity contribution in [1.29, 1.82) is 0 Å². The third-order valence-corrected chi connectivity index (χ3v) is 6.06. The van der Waals surface area contributed by atoms with Crippen LogP contribution in [0.25, 0.3) is 32.2 Å². The summed E-state index contributed by atoms with van der Waals surface area (Å²) in [7, 11) is 0. The van der Waals surface area contributed by atoms with E-state index in [4.69, 9.17) is 5.73 Å². The van der Waals surface area contributed by atoms with Crippen LogP contribution in [-0.4, -0.2) is 10.5 Å². The van der Waals surface area contributed by atoms with Gasteiger partial charge in [-0.05, 0) is 40.8 Å². The Balaban J connectivity index is 1.83.